The van der Waals surface area contributed by atoms with Crippen LogP contribution in [0.3, 0.4) is 0 Å². The van der Waals surface area contributed by atoms with Crippen LogP contribution in [-0.4, -0.2) is 29.8 Å². The van der Waals surface area contributed by atoms with Crippen LogP contribution in [-0.2, 0) is 4.79 Å². The Labute approximate surface area is 119 Å². The number of rotatable bonds is 4. The van der Waals surface area contributed by atoms with Gasteiger partial charge in [0.25, 0.3) is 0 Å². The number of benzene rings is 1. The summed E-state index contributed by atoms with van der Waals surface area (Å²) >= 11 is 3.29. The van der Waals surface area contributed by atoms with Crippen LogP contribution in [0, 0.1) is 5.82 Å². The standard InChI is InChI=1S/C13H14BrFN2O2/c1-8(18)4-5-17-7-12(16-13(17)19)10-6-9(14)2-3-11(10)15/h2-3,6,12H,4-5,7H2,1H3,(H,16,19). The number of urea groups is 1. The highest BCUT2D eigenvalue weighted by Crippen LogP contribution is 2.25. The molecule has 1 atom stereocenters. The monoisotopic (exact) mass is 328 g/mol. The fraction of sp³-hybridized carbons (Fsp3) is 0.385. The molecule has 0 aliphatic carbocycles. The summed E-state index contributed by atoms with van der Waals surface area (Å²) in [5, 5.41) is 2.73. The van der Waals surface area contributed by atoms with Gasteiger partial charge in [-0.3, -0.25) is 4.79 Å². The molecule has 1 aromatic carbocycles. The van der Waals surface area contributed by atoms with Gasteiger partial charge in [-0.25, -0.2) is 9.18 Å². The van der Waals surface area contributed by atoms with E-state index < -0.39 is 0 Å². The van der Waals surface area contributed by atoms with Crippen molar-refractivity contribution in [2.24, 2.45) is 0 Å². The Morgan fingerprint density at radius 3 is 3.00 bits per heavy atom. The molecule has 102 valence electrons. The van der Waals surface area contributed by atoms with Crippen LogP contribution >= 0.6 is 15.9 Å². The van der Waals surface area contributed by atoms with Gasteiger partial charge in [0.05, 0.1) is 6.04 Å². The lowest BCUT2D eigenvalue weighted by Crippen LogP contribution is -2.29. The summed E-state index contributed by atoms with van der Waals surface area (Å²) in [4.78, 5) is 24.2. The minimum absolute atomic E-state index is 0.0323. The summed E-state index contributed by atoms with van der Waals surface area (Å²) in [6, 6.07) is 4.00. The molecule has 0 radical (unpaired) electrons. The van der Waals surface area contributed by atoms with Crippen molar-refractivity contribution in [3.63, 3.8) is 0 Å². The molecule has 0 spiro atoms. The predicted octanol–water partition coefficient (Wildman–Crippen LogP) is 2.63. The van der Waals surface area contributed by atoms with E-state index in [1.165, 1.54) is 17.9 Å². The highest BCUT2D eigenvalue weighted by Gasteiger charge is 2.31. The van der Waals surface area contributed by atoms with E-state index in [9.17, 15) is 14.0 Å². The predicted molar refractivity (Wildman–Crippen MR) is 72.2 cm³/mol. The average molecular weight is 329 g/mol. The SMILES string of the molecule is CC(=O)CCN1CC(c2cc(Br)ccc2F)NC1=O. The molecule has 0 bridgehead atoms. The summed E-state index contributed by atoms with van der Waals surface area (Å²) in [7, 11) is 0. The molecule has 0 saturated carbocycles. The van der Waals surface area contributed by atoms with Gasteiger partial charge in [-0.05, 0) is 25.1 Å². The maximum absolute atomic E-state index is 13.7. The Kier molecular flexibility index (Phi) is 4.19. The molecule has 0 aromatic heterocycles. The maximum atomic E-state index is 13.7. The van der Waals surface area contributed by atoms with Crippen molar-refractivity contribution >= 4 is 27.7 Å². The minimum Gasteiger partial charge on any atom is -0.329 e. The average Bonchev–Trinajstić information content (AvgIpc) is 2.71. The zero-order valence-corrected chi connectivity index (χ0v) is 12.0. The molecule has 1 fully saturated rings. The number of nitrogens with zero attached hydrogens (tertiary/aromatic N) is 1. The summed E-state index contributed by atoms with van der Waals surface area (Å²) in [5.74, 6) is -0.313. The summed E-state index contributed by atoms with van der Waals surface area (Å²) < 4.78 is 14.5. The van der Waals surface area contributed by atoms with Crippen molar-refractivity contribution < 1.29 is 14.0 Å². The molecule has 1 aliphatic rings. The molecular formula is C13H14BrFN2O2. The molecule has 1 saturated heterocycles. The van der Waals surface area contributed by atoms with E-state index in [1.54, 1.807) is 12.1 Å². The third kappa shape index (κ3) is 3.32. The lowest BCUT2D eigenvalue weighted by molar-refractivity contribution is -0.117. The van der Waals surface area contributed by atoms with Crippen LogP contribution in [0.5, 0.6) is 0 Å². The maximum Gasteiger partial charge on any atom is 0.318 e. The first kappa shape index (κ1) is 14.0. The van der Waals surface area contributed by atoms with E-state index in [2.05, 4.69) is 21.2 Å². The van der Waals surface area contributed by atoms with E-state index in [-0.39, 0.29) is 23.7 Å². The Morgan fingerprint density at radius 1 is 1.58 bits per heavy atom. The van der Waals surface area contributed by atoms with Gasteiger partial charge in [0, 0.05) is 29.5 Å². The number of hydrogen-bond acceptors (Lipinski definition) is 2. The molecule has 1 aromatic rings. The van der Waals surface area contributed by atoms with Crippen LogP contribution in [0.15, 0.2) is 22.7 Å². The van der Waals surface area contributed by atoms with E-state index in [0.29, 0.717) is 25.1 Å². The third-order valence-corrected chi connectivity index (χ3v) is 3.55. The second-order valence-corrected chi connectivity index (χ2v) is 5.48. The van der Waals surface area contributed by atoms with Gasteiger partial charge < -0.3 is 10.2 Å². The fourth-order valence-corrected chi connectivity index (χ4v) is 2.41. The van der Waals surface area contributed by atoms with Crippen LogP contribution < -0.4 is 5.32 Å². The molecule has 1 unspecified atom stereocenters. The molecular weight excluding hydrogens is 315 g/mol. The van der Waals surface area contributed by atoms with Crippen LogP contribution in [0.2, 0.25) is 0 Å². The number of hydrogen-bond donors (Lipinski definition) is 1. The van der Waals surface area contributed by atoms with Crippen molar-refractivity contribution in [3.8, 4) is 0 Å². The van der Waals surface area contributed by atoms with Gasteiger partial charge in [-0.15, -0.1) is 0 Å². The van der Waals surface area contributed by atoms with Crippen molar-refractivity contribution in [2.75, 3.05) is 13.1 Å². The topological polar surface area (TPSA) is 49.4 Å². The molecule has 1 N–H and O–H groups in total. The number of carbonyl (C=O) groups excluding carboxylic acids is 2. The number of halogens is 2. The number of ketones is 1. The van der Waals surface area contributed by atoms with Crippen molar-refractivity contribution in [1.29, 1.82) is 0 Å². The first-order chi connectivity index (χ1) is 8.97. The van der Waals surface area contributed by atoms with Gasteiger partial charge in [0.1, 0.15) is 11.6 Å². The van der Waals surface area contributed by atoms with Crippen molar-refractivity contribution in [3.05, 3.63) is 34.1 Å². The Balaban J connectivity index is 2.09. The fourth-order valence-electron chi connectivity index (χ4n) is 2.03. The Morgan fingerprint density at radius 2 is 2.32 bits per heavy atom. The first-order valence-corrected chi connectivity index (χ1v) is 6.76. The first-order valence-electron chi connectivity index (χ1n) is 5.97. The largest absolute Gasteiger partial charge is 0.329 e. The summed E-state index contributed by atoms with van der Waals surface area (Å²) in [5.41, 5.74) is 0.452. The lowest BCUT2D eigenvalue weighted by atomic mass is 10.1. The van der Waals surface area contributed by atoms with Crippen LogP contribution in [0.25, 0.3) is 0 Å². The summed E-state index contributed by atoms with van der Waals surface area (Å²) in [6.45, 7) is 2.23. The molecule has 6 heteroatoms. The second-order valence-electron chi connectivity index (χ2n) is 4.57. The third-order valence-electron chi connectivity index (χ3n) is 3.06. The number of carbonyl (C=O) groups is 2. The number of amides is 2. The molecule has 2 amide bonds. The molecule has 4 nitrogen and oxygen atoms in total. The normalized spacial score (nSPS) is 18.6. The Hall–Kier alpha value is -1.43. The zero-order valence-electron chi connectivity index (χ0n) is 10.5. The van der Waals surface area contributed by atoms with Gasteiger partial charge in [-0.1, -0.05) is 15.9 Å². The molecule has 1 aliphatic heterocycles. The minimum atomic E-state index is -0.378. The number of Topliss-reactive ketones (excluding diaryl/α,β-unsaturated/α-hetero) is 1. The highest BCUT2D eigenvalue weighted by atomic mass is 79.9. The lowest BCUT2D eigenvalue weighted by Gasteiger charge is -2.14. The number of nitrogens with one attached hydrogen (secondary N) is 1. The Bertz CT molecular complexity index is 521. The quantitative estimate of drug-likeness (QED) is 0.923. The highest BCUT2D eigenvalue weighted by molar-refractivity contribution is 9.10. The van der Waals surface area contributed by atoms with E-state index in [0.717, 1.165) is 4.47 Å². The van der Waals surface area contributed by atoms with Gasteiger partial charge in [0.2, 0.25) is 0 Å². The van der Waals surface area contributed by atoms with Crippen LogP contribution in [0.1, 0.15) is 24.9 Å². The molecule has 2 rings (SSSR count). The van der Waals surface area contributed by atoms with E-state index in [4.69, 9.17) is 0 Å². The molecule has 19 heavy (non-hydrogen) atoms. The van der Waals surface area contributed by atoms with Crippen molar-refractivity contribution in [1.82, 2.24) is 10.2 Å². The smallest absolute Gasteiger partial charge is 0.318 e. The van der Waals surface area contributed by atoms with E-state index in [1.807, 2.05) is 0 Å². The van der Waals surface area contributed by atoms with E-state index >= 15 is 0 Å². The van der Waals surface area contributed by atoms with Crippen LogP contribution in [0.4, 0.5) is 9.18 Å². The van der Waals surface area contributed by atoms with Gasteiger partial charge in [0.15, 0.2) is 0 Å². The molecule has 1 heterocycles. The zero-order chi connectivity index (χ0) is 14.0. The van der Waals surface area contributed by atoms with Gasteiger partial charge >= 0.3 is 6.03 Å². The second kappa shape index (κ2) is 5.69. The van der Waals surface area contributed by atoms with Gasteiger partial charge in [-0.2, -0.15) is 0 Å². The summed E-state index contributed by atoms with van der Waals surface area (Å²) in [6.07, 6.45) is 0.321. The van der Waals surface area contributed by atoms with Crippen molar-refractivity contribution in [2.45, 2.75) is 19.4 Å².